The van der Waals surface area contributed by atoms with E-state index in [-0.39, 0.29) is 10.9 Å². The normalized spacial score (nSPS) is 11.8. The summed E-state index contributed by atoms with van der Waals surface area (Å²) in [5.74, 6) is -0.114. The highest BCUT2D eigenvalue weighted by atomic mass is 35.5. The van der Waals surface area contributed by atoms with Crippen LogP contribution in [0.4, 0.5) is 5.69 Å². The van der Waals surface area contributed by atoms with Crippen LogP contribution in [0.3, 0.4) is 0 Å². The van der Waals surface area contributed by atoms with Crippen LogP contribution >= 0.6 is 23.8 Å². The zero-order valence-corrected chi connectivity index (χ0v) is 13.0. The summed E-state index contributed by atoms with van der Waals surface area (Å²) in [4.78, 5) is 12.0. The maximum Gasteiger partial charge on any atom is 0.242 e. The summed E-state index contributed by atoms with van der Waals surface area (Å²) >= 11 is 10.9. The van der Waals surface area contributed by atoms with Crippen molar-refractivity contribution in [2.24, 2.45) is 5.73 Å². The third-order valence-electron chi connectivity index (χ3n) is 2.62. The molecule has 1 aromatic carbocycles. The van der Waals surface area contributed by atoms with Crippen LogP contribution < -0.4 is 16.4 Å². The Balaban J connectivity index is 2.62. The van der Waals surface area contributed by atoms with Gasteiger partial charge < -0.3 is 21.1 Å². The molecule has 0 saturated carbocycles. The van der Waals surface area contributed by atoms with E-state index in [1.807, 2.05) is 0 Å². The van der Waals surface area contributed by atoms with E-state index in [0.717, 1.165) is 5.69 Å². The molecule has 5 nitrogen and oxygen atoms in total. The Morgan fingerprint density at radius 1 is 1.55 bits per heavy atom. The number of nitrogens with two attached hydrogens (primary N) is 1. The third-order valence-corrected chi connectivity index (χ3v) is 3.15. The molecule has 1 rings (SSSR count). The molecule has 0 spiro atoms. The van der Waals surface area contributed by atoms with Crippen LogP contribution in [0.1, 0.15) is 12.5 Å². The Hall–Kier alpha value is -1.37. The number of halogens is 1. The van der Waals surface area contributed by atoms with Crippen molar-refractivity contribution in [2.45, 2.75) is 13.0 Å². The predicted molar refractivity (Wildman–Crippen MR) is 85.3 cm³/mol. The second-order valence-corrected chi connectivity index (χ2v) is 5.06. The van der Waals surface area contributed by atoms with Gasteiger partial charge in [-0.25, -0.2) is 0 Å². The van der Waals surface area contributed by atoms with E-state index in [1.165, 1.54) is 0 Å². The van der Waals surface area contributed by atoms with E-state index in [2.05, 4.69) is 10.6 Å². The highest BCUT2D eigenvalue weighted by Gasteiger charge is 2.12. The van der Waals surface area contributed by atoms with Crippen molar-refractivity contribution >= 4 is 40.4 Å². The van der Waals surface area contributed by atoms with E-state index in [0.29, 0.717) is 23.7 Å². The standard InChI is InChI=1S/C13H18ClN3O2S/c1-8(13(18)16-5-6-19-2)17-9-3-4-10(12(15)20)11(14)7-9/h3-4,7-8,17H,5-6H2,1-2H3,(H2,15,20)(H,16,18). The molecule has 0 radical (unpaired) electrons. The van der Waals surface area contributed by atoms with Crippen LogP contribution in [-0.2, 0) is 9.53 Å². The summed E-state index contributed by atoms with van der Waals surface area (Å²) < 4.78 is 4.86. The molecular formula is C13H18ClN3O2S. The number of anilines is 1. The lowest BCUT2D eigenvalue weighted by Gasteiger charge is -2.16. The molecular weight excluding hydrogens is 298 g/mol. The Bertz CT molecular complexity index is 497. The minimum Gasteiger partial charge on any atom is -0.389 e. The maximum absolute atomic E-state index is 11.8. The van der Waals surface area contributed by atoms with Crippen LogP contribution in [0, 0.1) is 0 Å². The smallest absolute Gasteiger partial charge is 0.242 e. The highest BCUT2D eigenvalue weighted by Crippen LogP contribution is 2.21. The van der Waals surface area contributed by atoms with E-state index in [4.69, 9.17) is 34.3 Å². The first-order chi connectivity index (χ1) is 9.45. The van der Waals surface area contributed by atoms with Crippen molar-refractivity contribution < 1.29 is 9.53 Å². The van der Waals surface area contributed by atoms with Crippen molar-refractivity contribution in [3.05, 3.63) is 28.8 Å². The molecule has 20 heavy (non-hydrogen) atoms. The van der Waals surface area contributed by atoms with Crippen molar-refractivity contribution in [1.29, 1.82) is 0 Å². The molecule has 1 aromatic rings. The van der Waals surface area contributed by atoms with Gasteiger partial charge in [0, 0.05) is 24.9 Å². The van der Waals surface area contributed by atoms with Crippen molar-refractivity contribution in [3.63, 3.8) is 0 Å². The Morgan fingerprint density at radius 3 is 2.80 bits per heavy atom. The average molecular weight is 316 g/mol. The molecule has 1 amide bonds. The van der Waals surface area contributed by atoms with Gasteiger partial charge >= 0.3 is 0 Å². The van der Waals surface area contributed by atoms with Crippen LogP contribution in [0.2, 0.25) is 5.02 Å². The molecule has 110 valence electrons. The Labute approximate surface area is 128 Å². The lowest BCUT2D eigenvalue weighted by atomic mass is 10.2. The zero-order valence-electron chi connectivity index (χ0n) is 11.4. The second-order valence-electron chi connectivity index (χ2n) is 4.21. The quantitative estimate of drug-likeness (QED) is 0.525. The maximum atomic E-state index is 11.8. The number of ether oxygens (including phenoxy) is 1. The number of benzene rings is 1. The summed E-state index contributed by atoms with van der Waals surface area (Å²) in [6, 6.07) is 4.80. The number of hydrogen-bond acceptors (Lipinski definition) is 4. The second kappa shape index (κ2) is 8.04. The van der Waals surface area contributed by atoms with Gasteiger partial charge in [-0.15, -0.1) is 0 Å². The van der Waals surface area contributed by atoms with Crippen molar-refractivity contribution in [1.82, 2.24) is 5.32 Å². The molecule has 0 bridgehead atoms. The number of nitrogens with one attached hydrogen (secondary N) is 2. The molecule has 0 aromatic heterocycles. The van der Waals surface area contributed by atoms with Gasteiger partial charge in [0.2, 0.25) is 5.91 Å². The van der Waals surface area contributed by atoms with Gasteiger partial charge in [0.15, 0.2) is 0 Å². The molecule has 0 fully saturated rings. The Morgan fingerprint density at radius 2 is 2.25 bits per heavy atom. The molecule has 4 N–H and O–H groups in total. The molecule has 1 atom stereocenters. The predicted octanol–water partition coefficient (Wildman–Crippen LogP) is 1.54. The Kier molecular flexibility index (Phi) is 6.70. The van der Waals surface area contributed by atoms with Gasteiger partial charge in [0.05, 0.1) is 11.6 Å². The van der Waals surface area contributed by atoms with E-state index < -0.39 is 6.04 Å². The van der Waals surface area contributed by atoms with Crippen LogP contribution in [-0.4, -0.2) is 37.2 Å². The SMILES string of the molecule is COCCNC(=O)C(C)Nc1ccc(C(N)=S)c(Cl)c1. The number of carbonyl (C=O) groups is 1. The average Bonchev–Trinajstić information content (AvgIpc) is 2.38. The largest absolute Gasteiger partial charge is 0.389 e. The van der Waals surface area contributed by atoms with Crippen LogP contribution in [0.5, 0.6) is 0 Å². The summed E-state index contributed by atoms with van der Waals surface area (Å²) in [6.45, 7) is 2.72. The van der Waals surface area contributed by atoms with Crippen molar-refractivity contribution in [3.8, 4) is 0 Å². The summed E-state index contributed by atoms with van der Waals surface area (Å²) in [5.41, 5.74) is 6.87. The van der Waals surface area contributed by atoms with Crippen molar-refractivity contribution in [2.75, 3.05) is 25.6 Å². The molecule has 7 heteroatoms. The highest BCUT2D eigenvalue weighted by molar-refractivity contribution is 7.80. The number of carbonyl (C=O) groups excluding carboxylic acids is 1. The molecule has 0 aliphatic heterocycles. The zero-order chi connectivity index (χ0) is 15.1. The fourth-order valence-electron chi connectivity index (χ4n) is 1.55. The summed E-state index contributed by atoms with van der Waals surface area (Å²) in [5, 5.41) is 6.25. The number of methoxy groups -OCH3 is 1. The summed E-state index contributed by atoms with van der Waals surface area (Å²) in [6.07, 6.45) is 0. The van der Waals surface area contributed by atoms with Gasteiger partial charge in [-0.1, -0.05) is 23.8 Å². The number of thiocarbonyl (C=S) groups is 1. The van der Waals surface area contributed by atoms with Gasteiger partial charge in [0.1, 0.15) is 11.0 Å². The van der Waals surface area contributed by atoms with E-state index in [9.17, 15) is 4.79 Å². The van der Waals surface area contributed by atoms with Crippen LogP contribution in [0.15, 0.2) is 18.2 Å². The lowest BCUT2D eigenvalue weighted by Crippen LogP contribution is -2.39. The summed E-state index contributed by atoms with van der Waals surface area (Å²) in [7, 11) is 1.58. The molecule has 0 heterocycles. The molecule has 0 aliphatic rings. The van der Waals surface area contributed by atoms with Crippen LogP contribution in [0.25, 0.3) is 0 Å². The first-order valence-corrected chi connectivity index (χ1v) is 6.87. The molecule has 0 aliphatic carbocycles. The van der Waals surface area contributed by atoms with Gasteiger partial charge in [-0.2, -0.15) is 0 Å². The lowest BCUT2D eigenvalue weighted by molar-refractivity contribution is -0.121. The number of rotatable bonds is 7. The van der Waals surface area contributed by atoms with Gasteiger partial charge in [-0.3, -0.25) is 4.79 Å². The molecule has 0 saturated heterocycles. The molecule has 1 unspecified atom stereocenters. The van der Waals surface area contributed by atoms with E-state index >= 15 is 0 Å². The van der Waals surface area contributed by atoms with Gasteiger partial charge in [0.25, 0.3) is 0 Å². The minimum atomic E-state index is -0.390. The monoisotopic (exact) mass is 315 g/mol. The number of amides is 1. The third kappa shape index (κ3) is 4.96. The van der Waals surface area contributed by atoms with Gasteiger partial charge in [-0.05, 0) is 25.1 Å². The first-order valence-electron chi connectivity index (χ1n) is 6.08. The minimum absolute atomic E-state index is 0.114. The fraction of sp³-hybridized carbons (Fsp3) is 0.385. The first kappa shape index (κ1) is 16.7. The topological polar surface area (TPSA) is 76.4 Å². The number of hydrogen-bond donors (Lipinski definition) is 3. The van der Waals surface area contributed by atoms with E-state index in [1.54, 1.807) is 32.2 Å². The fourth-order valence-corrected chi connectivity index (χ4v) is 2.07.